The van der Waals surface area contributed by atoms with Gasteiger partial charge in [0.2, 0.25) is 0 Å². The van der Waals surface area contributed by atoms with Crippen LogP contribution in [0.25, 0.3) is 0 Å². The summed E-state index contributed by atoms with van der Waals surface area (Å²) in [5, 5.41) is 0. The van der Waals surface area contributed by atoms with Gasteiger partial charge in [-0.25, -0.2) is 0 Å². The van der Waals surface area contributed by atoms with Crippen molar-refractivity contribution >= 4 is 0 Å². The Morgan fingerprint density at radius 1 is 0.846 bits per heavy atom. The van der Waals surface area contributed by atoms with Crippen molar-refractivity contribution in [3.05, 3.63) is 35.9 Å². The van der Waals surface area contributed by atoms with Gasteiger partial charge in [0.05, 0.1) is 6.17 Å². The van der Waals surface area contributed by atoms with E-state index < -0.39 is 0 Å². The first-order chi connectivity index (χ1) is 6.13. The van der Waals surface area contributed by atoms with Gasteiger partial charge in [-0.15, -0.1) is 0 Å². The molecule has 2 heteroatoms. The lowest BCUT2D eigenvalue weighted by atomic mass is 10.1. The summed E-state index contributed by atoms with van der Waals surface area (Å²) in [5.41, 5.74) is 1.33. The zero-order valence-electron chi connectivity index (χ0n) is 8.86. The molecule has 1 aromatic rings. The lowest BCUT2D eigenvalue weighted by Crippen LogP contribution is -2.32. The fraction of sp³-hybridized carbons (Fsp3) is 0.455. The Hall–Kier alpha value is -0.860. The van der Waals surface area contributed by atoms with E-state index in [1.165, 1.54) is 5.56 Å². The van der Waals surface area contributed by atoms with Crippen molar-refractivity contribution in [1.82, 2.24) is 9.80 Å². The average molecular weight is 178 g/mol. The maximum atomic E-state index is 2.20. The van der Waals surface area contributed by atoms with Gasteiger partial charge in [0.15, 0.2) is 0 Å². The molecule has 0 spiro atoms. The molecule has 0 heterocycles. The van der Waals surface area contributed by atoms with Gasteiger partial charge < -0.3 is 0 Å². The molecule has 0 fully saturated rings. The monoisotopic (exact) mass is 178 g/mol. The van der Waals surface area contributed by atoms with E-state index in [9.17, 15) is 0 Å². The first-order valence-electron chi connectivity index (χ1n) is 4.50. The van der Waals surface area contributed by atoms with E-state index in [1.54, 1.807) is 0 Å². The van der Waals surface area contributed by atoms with E-state index in [1.807, 2.05) is 6.07 Å². The first-order valence-corrected chi connectivity index (χ1v) is 4.50. The Bertz CT molecular complexity index is 234. The van der Waals surface area contributed by atoms with E-state index in [0.717, 1.165) is 0 Å². The van der Waals surface area contributed by atoms with E-state index >= 15 is 0 Å². The van der Waals surface area contributed by atoms with E-state index in [2.05, 4.69) is 62.3 Å². The predicted molar refractivity (Wildman–Crippen MR) is 56.6 cm³/mol. The SMILES string of the molecule is CN(C)C(c1ccccc1)N(C)C. The lowest BCUT2D eigenvalue weighted by molar-refractivity contribution is 0.131. The normalized spacial score (nSPS) is 11.6. The highest BCUT2D eigenvalue weighted by Gasteiger charge is 2.14. The molecule has 0 saturated carbocycles. The van der Waals surface area contributed by atoms with E-state index in [0.29, 0.717) is 6.17 Å². The molecule has 0 bridgehead atoms. The maximum Gasteiger partial charge on any atom is 0.0876 e. The summed E-state index contributed by atoms with van der Waals surface area (Å²) in [6, 6.07) is 10.5. The zero-order chi connectivity index (χ0) is 9.84. The molecule has 0 saturated heterocycles. The third kappa shape index (κ3) is 2.54. The fourth-order valence-corrected chi connectivity index (χ4v) is 1.68. The van der Waals surface area contributed by atoms with Crippen molar-refractivity contribution in [3.8, 4) is 0 Å². The summed E-state index contributed by atoms with van der Waals surface area (Å²) in [6.45, 7) is 0. The summed E-state index contributed by atoms with van der Waals surface area (Å²) in [5.74, 6) is 0. The average Bonchev–Trinajstić information content (AvgIpc) is 2.04. The van der Waals surface area contributed by atoms with E-state index in [-0.39, 0.29) is 0 Å². The first kappa shape index (κ1) is 10.2. The molecular weight excluding hydrogens is 160 g/mol. The second-order valence-electron chi connectivity index (χ2n) is 3.71. The van der Waals surface area contributed by atoms with Crippen molar-refractivity contribution in [2.75, 3.05) is 28.2 Å². The molecule has 0 radical (unpaired) electrons. The van der Waals surface area contributed by atoms with Crippen LogP contribution in [0.1, 0.15) is 11.7 Å². The van der Waals surface area contributed by atoms with Crippen molar-refractivity contribution in [1.29, 1.82) is 0 Å². The van der Waals surface area contributed by atoms with Gasteiger partial charge >= 0.3 is 0 Å². The van der Waals surface area contributed by atoms with Gasteiger partial charge in [0, 0.05) is 0 Å². The van der Waals surface area contributed by atoms with Crippen molar-refractivity contribution < 1.29 is 0 Å². The number of hydrogen-bond acceptors (Lipinski definition) is 2. The number of benzene rings is 1. The summed E-state index contributed by atoms with van der Waals surface area (Å²) in [6.07, 6.45) is 0.362. The molecule has 0 N–H and O–H groups in total. The van der Waals surface area contributed by atoms with Crippen LogP contribution in [0.3, 0.4) is 0 Å². The summed E-state index contributed by atoms with van der Waals surface area (Å²) in [4.78, 5) is 4.41. The number of rotatable bonds is 3. The van der Waals surface area contributed by atoms with Crippen LogP contribution in [0.4, 0.5) is 0 Å². The number of nitrogens with zero attached hydrogens (tertiary/aromatic N) is 2. The van der Waals surface area contributed by atoms with Crippen molar-refractivity contribution in [2.24, 2.45) is 0 Å². The van der Waals surface area contributed by atoms with Gasteiger partial charge in [-0.2, -0.15) is 0 Å². The minimum absolute atomic E-state index is 0.362. The molecule has 72 valence electrons. The molecule has 0 atom stereocenters. The second-order valence-corrected chi connectivity index (χ2v) is 3.71. The van der Waals surface area contributed by atoms with Gasteiger partial charge in [0.25, 0.3) is 0 Å². The minimum atomic E-state index is 0.362. The van der Waals surface area contributed by atoms with Crippen LogP contribution in [0.5, 0.6) is 0 Å². The predicted octanol–water partition coefficient (Wildman–Crippen LogP) is 1.81. The highest BCUT2D eigenvalue weighted by Crippen LogP contribution is 2.19. The van der Waals surface area contributed by atoms with Crippen LogP contribution in [0, 0.1) is 0 Å². The third-order valence-electron chi connectivity index (χ3n) is 2.08. The van der Waals surface area contributed by atoms with Gasteiger partial charge in [-0.3, -0.25) is 9.80 Å². The number of hydrogen-bond donors (Lipinski definition) is 0. The van der Waals surface area contributed by atoms with Crippen molar-refractivity contribution in [2.45, 2.75) is 6.17 Å². The molecule has 0 aliphatic carbocycles. The van der Waals surface area contributed by atoms with Crippen LogP contribution in [-0.2, 0) is 0 Å². The van der Waals surface area contributed by atoms with Crippen LogP contribution in [-0.4, -0.2) is 38.0 Å². The van der Waals surface area contributed by atoms with Crippen LogP contribution >= 0.6 is 0 Å². The Kier molecular flexibility index (Phi) is 3.46. The Morgan fingerprint density at radius 2 is 1.31 bits per heavy atom. The maximum absolute atomic E-state index is 2.20. The molecule has 0 aliphatic rings. The second kappa shape index (κ2) is 4.40. The standard InChI is InChI=1S/C11H18N2/c1-12(2)11(13(3)4)10-8-6-5-7-9-10/h5-9,11H,1-4H3. The molecule has 2 nitrogen and oxygen atoms in total. The molecule has 1 aromatic carbocycles. The summed E-state index contributed by atoms with van der Waals surface area (Å²) < 4.78 is 0. The third-order valence-corrected chi connectivity index (χ3v) is 2.08. The lowest BCUT2D eigenvalue weighted by Gasteiger charge is -2.30. The molecular formula is C11H18N2. The fourth-order valence-electron chi connectivity index (χ4n) is 1.68. The molecule has 0 aliphatic heterocycles. The molecule has 0 aromatic heterocycles. The van der Waals surface area contributed by atoms with Gasteiger partial charge in [0.1, 0.15) is 0 Å². The van der Waals surface area contributed by atoms with Crippen LogP contribution < -0.4 is 0 Å². The van der Waals surface area contributed by atoms with Crippen LogP contribution in [0.15, 0.2) is 30.3 Å². The quantitative estimate of drug-likeness (QED) is 0.651. The zero-order valence-corrected chi connectivity index (χ0v) is 8.86. The molecule has 1 rings (SSSR count). The van der Waals surface area contributed by atoms with Crippen molar-refractivity contribution in [3.63, 3.8) is 0 Å². The highest BCUT2D eigenvalue weighted by atomic mass is 15.3. The summed E-state index contributed by atoms with van der Waals surface area (Å²) in [7, 11) is 8.38. The smallest absolute Gasteiger partial charge is 0.0876 e. The summed E-state index contributed by atoms with van der Waals surface area (Å²) >= 11 is 0. The van der Waals surface area contributed by atoms with Crippen LogP contribution in [0.2, 0.25) is 0 Å². The molecule has 0 unspecified atom stereocenters. The molecule has 0 amide bonds. The van der Waals surface area contributed by atoms with Gasteiger partial charge in [-0.1, -0.05) is 30.3 Å². The largest absolute Gasteiger partial charge is 0.290 e. The Morgan fingerprint density at radius 3 is 1.69 bits per heavy atom. The molecule has 13 heavy (non-hydrogen) atoms. The Labute approximate surface area is 80.8 Å². The van der Waals surface area contributed by atoms with E-state index in [4.69, 9.17) is 0 Å². The minimum Gasteiger partial charge on any atom is -0.290 e. The Balaban J connectivity index is 2.89. The topological polar surface area (TPSA) is 6.48 Å². The highest BCUT2D eigenvalue weighted by molar-refractivity contribution is 5.18. The van der Waals surface area contributed by atoms with Gasteiger partial charge in [-0.05, 0) is 33.8 Å².